The molecule has 0 aliphatic rings. The first kappa shape index (κ1) is 14.9. The summed E-state index contributed by atoms with van der Waals surface area (Å²) in [6.45, 7) is 0. The van der Waals surface area contributed by atoms with Crippen LogP contribution in [0.5, 0.6) is 0 Å². The molecule has 0 aliphatic heterocycles. The quantitative estimate of drug-likeness (QED) is 0.412. The van der Waals surface area contributed by atoms with Gasteiger partial charge in [-0.05, 0) is 47.5 Å². The second kappa shape index (κ2) is 6.27. The van der Waals surface area contributed by atoms with E-state index in [1.54, 1.807) is 6.07 Å². The SMILES string of the molecule is Clc1cc(Cl)cc(C(Br)c2cc(Br)ccc2Br)c1. The fraction of sp³-hybridized carbons (Fsp3) is 0.0769. The van der Waals surface area contributed by atoms with Crippen LogP contribution in [0.1, 0.15) is 16.0 Å². The summed E-state index contributed by atoms with van der Waals surface area (Å²) in [5.74, 6) is 0. The van der Waals surface area contributed by atoms with Crippen LogP contribution in [0.3, 0.4) is 0 Å². The maximum atomic E-state index is 6.03. The van der Waals surface area contributed by atoms with Crippen molar-refractivity contribution in [3.8, 4) is 0 Å². The lowest BCUT2D eigenvalue weighted by Crippen LogP contribution is -1.94. The predicted octanol–water partition coefficient (Wildman–Crippen LogP) is 7.00. The molecule has 0 bridgehead atoms. The smallest absolute Gasteiger partial charge is 0.0657 e. The highest BCUT2D eigenvalue weighted by Crippen LogP contribution is 2.38. The lowest BCUT2D eigenvalue weighted by atomic mass is 10.1. The maximum Gasteiger partial charge on any atom is 0.0657 e. The van der Waals surface area contributed by atoms with Gasteiger partial charge in [-0.25, -0.2) is 0 Å². The van der Waals surface area contributed by atoms with Crippen LogP contribution in [-0.2, 0) is 0 Å². The first-order chi connectivity index (χ1) is 8.47. The predicted molar refractivity (Wildman–Crippen MR) is 89.1 cm³/mol. The molecule has 2 aromatic rings. The third-order valence-corrected chi connectivity index (χ3v) is 5.08. The van der Waals surface area contributed by atoms with Gasteiger partial charge < -0.3 is 0 Å². The Balaban J connectivity index is 2.47. The van der Waals surface area contributed by atoms with Crippen LogP contribution >= 0.6 is 71.0 Å². The summed E-state index contributed by atoms with van der Waals surface area (Å²) in [5.41, 5.74) is 2.13. The van der Waals surface area contributed by atoms with Gasteiger partial charge in [-0.3, -0.25) is 0 Å². The number of hydrogen-bond donors (Lipinski definition) is 0. The summed E-state index contributed by atoms with van der Waals surface area (Å²) in [6, 6.07) is 11.6. The van der Waals surface area contributed by atoms with Crippen molar-refractivity contribution in [3.63, 3.8) is 0 Å². The molecule has 1 unspecified atom stereocenters. The zero-order valence-corrected chi connectivity index (χ0v) is 15.2. The van der Waals surface area contributed by atoms with Gasteiger partial charge >= 0.3 is 0 Å². The molecule has 0 nitrogen and oxygen atoms in total. The van der Waals surface area contributed by atoms with Crippen molar-refractivity contribution in [2.45, 2.75) is 4.83 Å². The number of halogens is 5. The minimum absolute atomic E-state index is 0.0283. The largest absolute Gasteiger partial charge is 0.0843 e. The van der Waals surface area contributed by atoms with Gasteiger partial charge in [0, 0.05) is 19.0 Å². The second-order valence-electron chi connectivity index (χ2n) is 3.73. The Morgan fingerprint density at radius 3 is 2.11 bits per heavy atom. The van der Waals surface area contributed by atoms with E-state index >= 15 is 0 Å². The monoisotopic (exact) mass is 470 g/mol. The van der Waals surface area contributed by atoms with E-state index in [0.717, 1.165) is 20.1 Å². The van der Waals surface area contributed by atoms with Crippen molar-refractivity contribution in [3.05, 3.63) is 66.5 Å². The zero-order chi connectivity index (χ0) is 13.3. The third-order valence-electron chi connectivity index (χ3n) is 2.41. The molecular formula is C13H7Br3Cl2. The summed E-state index contributed by atoms with van der Waals surface area (Å²) < 4.78 is 2.06. The van der Waals surface area contributed by atoms with Crippen molar-refractivity contribution < 1.29 is 0 Å². The van der Waals surface area contributed by atoms with Crippen molar-refractivity contribution in [2.75, 3.05) is 0 Å². The molecule has 0 radical (unpaired) electrons. The standard InChI is InChI=1S/C13H7Br3Cl2/c14-8-1-2-12(15)11(5-8)13(16)7-3-9(17)6-10(18)4-7/h1-6,13H. The summed E-state index contributed by atoms with van der Waals surface area (Å²) in [7, 11) is 0. The number of alkyl halides is 1. The van der Waals surface area contributed by atoms with Crippen LogP contribution in [-0.4, -0.2) is 0 Å². The lowest BCUT2D eigenvalue weighted by Gasteiger charge is -2.14. The molecule has 0 heterocycles. The molecule has 0 aliphatic carbocycles. The molecule has 1 atom stereocenters. The molecule has 0 saturated carbocycles. The summed E-state index contributed by atoms with van der Waals surface area (Å²) in [6.07, 6.45) is 0. The van der Waals surface area contributed by atoms with E-state index in [2.05, 4.69) is 53.9 Å². The van der Waals surface area contributed by atoms with E-state index in [-0.39, 0.29) is 4.83 Å². The fourth-order valence-electron chi connectivity index (χ4n) is 1.61. The number of benzene rings is 2. The van der Waals surface area contributed by atoms with Crippen LogP contribution in [0.15, 0.2) is 45.3 Å². The molecule has 5 heteroatoms. The average Bonchev–Trinajstić information content (AvgIpc) is 2.30. The van der Waals surface area contributed by atoms with Gasteiger partial charge in [0.2, 0.25) is 0 Å². The van der Waals surface area contributed by atoms with Gasteiger partial charge in [0.15, 0.2) is 0 Å². The Kier molecular flexibility index (Phi) is 5.18. The van der Waals surface area contributed by atoms with E-state index in [0.29, 0.717) is 10.0 Å². The van der Waals surface area contributed by atoms with E-state index in [1.807, 2.05) is 24.3 Å². The lowest BCUT2D eigenvalue weighted by molar-refractivity contribution is 1.16. The Bertz CT molecular complexity index is 564. The Hall–Kier alpha value is 0.460. The van der Waals surface area contributed by atoms with Gasteiger partial charge in [0.25, 0.3) is 0 Å². The highest BCUT2D eigenvalue weighted by atomic mass is 79.9. The zero-order valence-electron chi connectivity index (χ0n) is 8.93. The van der Waals surface area contributed by atoms with Crippen LogP contribution < -0.4 is 0 Å². The minimum Gasteiger partial charge on any atom is -0.0843 e. The fourth-order valence-corrected chi connectivity index (χ4v) is 3.96. The topological polar surface area (TPSA) is 0 Å². The Morgan fingerprint density at radius 2 is 1.50 bits per heavy atom. The molecule has 0 spiro atoms. The Labute approximate surface area is 141 Å². The summed E-state index contributed by atoms with van der Waals surface area (Å²) in [4.78, 5) is 0.0283. The molecule has 0 fully saturated rings. The molecule has 18 heavy (non-hydrogen) atoms. The number of hydrogen-bond acceptors (Lipinski definition) is 0. The van der Waals surface area contributed by atoms with E-state index in [4.69, 9.17) is 23.2 Å². The van der Waals surface area contributed by atoms with Gasteiger partial charge in [-0.1, -0.05) is 71.0 Å². The van der Waals surface area contributed by atoms with Crippen LogP contribution in [0.2, 0.25) is 10.0 Å². The van der Waals surface area contributed by atoms with Crippen molar-refractivity contribution >= 4 is 71.0 Å². The molecular weight excluding hydrogens is 467 g/mol. The summed E-state index contributed by atoms with van der Waals surface area (Å²) in [5, 5.41) is 1.26. The van der Waals surface area contributed by atoms with Crippen molar-refractivity contribution in [1.29, 1.82) is 0 Å². The molecule has 0 amide bonds. The average molecular weight is 474 g/mol. The Morgan fingerprint density at radius 1 is 0.889 bits per heavy atom. The molecule has 0 aromatic heterocycles. The summed E-state index contributed by atoms with van der Waals surface area (Å²) >= 11 is 22.8. The third kappa shape index (κ3) is 3.51. The van der Waals surface area contributed by atoms with Gasteiger partial charge in [-0.15, -0.1) is 0 Å². The first-order valence-electron chi connectivity index (χ1n) is 5.02. The maximum absolute atomic E-state index is 6.03. The normalized spacial score (nSPS) is 12.5. The second-order valence-corrected chi connectivity index (χ2v) is 7.29. The molecule has 94 valence electrons. The molecule has 0 saturated heterocycles. The van der Waals surface area contributed by atoms with Crippen molar-refractivity contribution in [1.82, 2.24) is 0 Å². The van der Waals surface area contributed by atoms with Crippen LogP contribution in [0, 0.1) is 0 Å². The molecule has 2 aromatic carbocycles. The van der Waals surface area contributed by atoms with E-state index < -0.39 is 0 Å². The van der Waals surface area contributed by atoms with E-state index in [9.17, 15) is 0 Å². The van der Waals surface area contributed by atoms with Gasteiger partial charge in [-0.2, -0.15) is 0 Å². The van der Waals surface area contributed by atoms with Crippen LogP contribution in [0.25, 0.3) is 0 Å². The van der Waals surface area contributed by atoms with Gasteiger partial charge in [0.1, 0.15) is 0 Å². The molecule has 0 N–H and O–H groups in total. The highest BCUT2D eigenvalue weighted by Gasteiger charge is 2.15. The molecule has 2 rings (SSSR count). The van der Waals surface area contributed by atoms with Crippen molar-refractivity contribution in [2.24, 2.45) is 0 Å². The van der Waals surface area contributed by atoms with Crippen LogP contribution in [0.4, 0.5) is 0 Å². The first-order valence-corrected chi connectivity index (χ1v) is 8.28. The number of rotatable bonds is 2. The highest BCUT2D eigenvalue weighted by molar-refractivity contribution is 9.11. The minimum atomic E-state index is 0.0283. The van der Waals surface area contributed by atoms with E-state index in [1.165, 1.54) is 0 Å². The van der Waals surface area contributed by atoms with Gasteiger partial charge in [0.05, 0.1) is 4.83 Å².